The number of carbonyl (C=O) groups is 1. The molecule has 4 nitrogen and oxygen atoms in total. The summed E-state index contributed by atoms with van der Waals surface area (Å²) < 4.78 is 13.7. The number of hydrogen-bond donors (Lipinski definition) is 1. The summed E-state index contributed by atoms with van der Waals surface area (Å²) in [5.74, 6) is -0.131. The minimum atomic E-state index is -0.188. The lowest BCUT2D eigenvalue weighted by Gasteiger charge is -2.35. The summed E-state index contributed by atoms with van der Waals surface area (Å²) in [5.41, 5.74) is 2.08. The zero-order chi connectivity index (χ0) is 18.4. The van der Waals surface area contributed by atoms with Gasteiger partial charge in [0.2, 0.25) is 0 Å². The topological polar surface area (TPSA) is 45.2 Å². The van der Waals surface area contributed by atoms with Crippen LogP contribution in [0, 0.1) is 5.82 Å². The number of likely N-dealkylation sites (tertiary alicyclic amines) is 1. The van der Waals surface area contributed by atoms with Crippen molar-refractivity contribution in [2.24, 2.45) is 0 Å². The second-order valence-electron chi connectivity index (χ2n) is 6.79. The normalized spacial score (nSPS) is 17.2. The van der Waals surface area contributed by atoms with Gasteiger partial charge in [-0.05, 0) is 49.8 Å². The van der Waals surface area contributed by atoms with Crippen LogP contribution < -0.4 is 5.32 Å². The number of nitrogens with zero attached hydrogens (tertiary/aromatic N) is 2. The number of nitrogens with one attached hydrogen (secondary N) is 1. The summed E-state index contributed by atoms with van der Waals surface area (Å²) in [6, 6.07) is 8.96. The zero-order valence-corrected chi connectivity index (χ0v) is 15.2. The molecule has 1 N–H and O–H groups in total. The Hall–Kier alpha value is -2.43. The molecule has 1 atom stereocenters. The molecule has 0 spiro atoms. The second-order valence-corrected chi connectivity index (χ2v) is 6.79. The fraction of sp³-hybridized carbons (Fsp3) is 0.429. The van der Waals surface area contributed by atoms with Gasteiger partial charge in [0, 0.05) is 31.5 Å². The highest BCUT2D eigenvalue weighted by Crippen LogP contribution is 2.22. The smallest absolute Gasteiger partial charge is 0.255 e. The number of piperidine rings is 1. The summed E-state index contributed by atoms with van der Waals surface area (Å²) in [6.07, 6.45) is 8.23. The number of anilines is 1. The Labute approximate surface area is 154 Å². The van der Waals surface area contributed by atoms with E-state index in [1.807, 2.05) is 17.0 Å². The van der Waals surface area contributed by atoms with E-state index in [4.69, 9.17) is 0 Å². The van der Waals surface area contributed by atoms with Crippen molar-refractivity contribution in [3.8, 4) is 0 Å². The molecular formula is C21H26FN3O. The van der Waals surface area contributed by atoms with Crippen LogP contribution in [0.25, 0.3) is 0 Å². The van der Waals surface area contributed by atoms with E-state index in [9.17, 15) is 9.18 Å². The molecular weight excluding hydrogens is 329 g/mol. The maximum Gasteiger partial charge on any atom is 0.255 e. The van der Waals surface area contributed by atoms with Gasteiger partial charge in [-0.25, -0.2) is 4.39 Å². The van der Waals surface area contributed by atoms with Gasteiger partial charge in [0.15, 0.2) is 0 Å². The highest BCUT2D eigenvalue weighted by molar-refractivity contribution is 5.95. The fourth-order valence-electron chi connectivity index (χ4n) is 3.55. The predicted molar refractivity (Wildman–Crippen MR) is 102 cm³/mol. The largest absolute Gasteiger partial charge is 0.383 e. The van der Waals surface area contributed by atoms with Crippen LogP contribution in [0.3, 0.4) is 0 Å². The number of aromatic nitrogens is 1. The predicted octanol–water partition coefficient (Wildman–Crippen LogP) is 4.28. The van der Waals surface area contributed by atoms with E-state index in [2.05, 4.69) is 17.2 Å². The first-order valence-electron chi connectivity index (χ1n) is 9.42. The van der Waals surface area contributed by atoms with E-state index in [-0.39, 0.29) is 11.7 Å². The standard InChI is InChI=1S/C21H26FN3O/c1-2-19-8-5-6-12-25(19)21(26)17-13-18(15-23-14-17)24-11-10-16-7-3-4-9-20(16)22/h3-4,7,9,13-15,19,24H,2,5-6,8,10-12H2,1H3. The molecule has 1 unspecified atom stereocenters. The molecule has 5 heteroatoms. The zero-order valence-electron chi connectivity index (χ0n) is 15.2. The van der Waals surface area contributed by atoms with E-state index in [1.54, 1.807) is 24.5 Å². The number of amides is 1. The molecule has 1 aromatic carbocycles. The first-order valence-corrected chi connectivity index (χ1v) is 9.42. The lowest BCUT2D eigenvalue weighted by atomic mass is 9.99. The summed E-state index contributed by atoms with van der Waals surface area (Å²) >= 11 is 0. The molecule has 1 saturated heterocycles. The second kappa shape index (κ2) is 8.79. The van der Waals surface area contributed by atoms with Crippen LogP contribution in [-0.4, -0.2) is 34.9 Å². The quantitative estimate of drug-likeness (QED) is 0.841. The Morgan fingerprint density at radius 1 is 1.31 bits per heavy atom. The molecule has 1 aliphatic heterocycles. The van der Waals surface area contributed by atoms with Gasteiger partial charge in [0.1, 0.15) is 5.82 Å². The van der Waals surface area contributed by atoms with Crippen molar-refractivity contribution in [2.45, 2.75) is 45.1 Å². The lowest BCUT2D eigenvalue weighted by Crippen LogP contribution is -2.43. The van der Waals surface area contributed by atoms with E-state index in [0.717, 1.165) is 31.5 Å². The van der Waals surface area contributed by atoms with Crippen molar-refractivity contribution in [2.75, 3.05) is 18.4 Å². The van der Waals surface area contributed by atoms with Crippen molar-refractivity contribution in [3.05, 3.63) is 59.7 Å². The minimum Gasteiger partial charge on any atom is -0.383 e. The Bertz CT molecular complexity index is 750. The Morgan fingerprint density at radius 3 is 2.96 bits per heavy atom. The van der Waals surface area contributed by atoms with Crippen LogP contribution in [0.4, 0.5) is 10.1 Å². The highest BCUT2D eigenvalue weighted by Gasteiger charge is 2.26. The summed E-state index contributed by atoms with van der Waals surface area (Å²) in [4.78, 5) is 19.1. The molecule has 3 rings (SSSR count). The Morgan fingerprint density at radius 2 is 2.15 bits per heavy atom. The van der Waals surface area contributed by atoms with Gasteiger partial charge in [-0.3, -0.25) is 9.78 Å². The van der Waals surface area contributed by atoms with E-state index in [0.29, 0.717) is 30.1 Å². The number of benzene rings is 1. The molecule has 2 heterocycles. The molecule has 26 heavy (non-hydrogen) atoms. The maximum absolute atomic E-state index is 13.7. The molecule has 138 valence electrons. The third-order valence-corrected chi connectivity index (χ3v) is 5.03. The number of pyridine rings is 1. The monoisotopic (exact) mass is 355 g/mol. The van der Waals surface area contributed by atoms with E-state index in [1.165, 1.54) is 12.5 Å². The van der Waals surface area contributed by atoms with Gasteiger partial charge < -0.3 is 10.2 Å². The number of halogens is 1. The van der Waals surface area contributed by atoms with Crippen molar-refractivity contribution in [1.82, 2.24) is 9.88 Å². The average molecular weight is 355 g/mol. The van der Waals surface area contributed by atoms with E-state index >= 15 is 0 Å². The van der Waals surface area contributed by atoms with Gasteiger partial charge in [-0.2, -0.15) is 0 Å². The third-order valence-electron chi connectivity index (χ3n) is 5.03. The third kappa shape index (κ3) is 4.40. The molecule has 0 saturated carbocycles. The van der Waals surface area contributed by atoms with Gasteiger partial charge in [0.25, 0.3) is 5.91 Å². The van der Waals surface area contributed by atoms with Crippen LogP contribution in [-0.2, 0) is 6.42 Å². The van der Waals surface area contributed by atoms with Crippen molar-refractivity contribution >= 4 is 11.6 Å². The van der Waals surface area contributed by atoms with E-state index < -0.39 is 0 Å². The van der Waals surface area contributed by atoms with Crippen molar-refractivity contribution in [3.63, 3.8) is 0 Å². The van der Waals surface area contributed by atoms with Gasteiger partial charge in [-0.15, -0.1) is 0 Å². The van der Waals surface area contributed by atoms with Crippen molar-refractivity contribution in [1.29, 1.82) is 0 Å². The fourth-order valence-corrected chi connectivity index (χ4v) is 3.55. The molecule has 1 aromatic heterocycles. The first-order chi connectivity index (χ1) is 12.7. The van der Waals surface area contributed by atoms with Crippen LogP contribution in [0.1, 0.15) is 48.5 Å². The molecule has 0 radical (unpaired) electrons. The highest BCUT2D eigenvalue weighted by atomic mass is 19.1. The summed E-state index contributed by atoms with van der Waals surface area (Å²) in [7, 11) is 0. The number of carbonyl (C=O) groups excluding carboxylic acids is 1. The molecule has 2 aromatic rings. The Kier molecular flexibility index (Phi) is 6.21. The van der Waals surface area contributed by atoms with Crippen LogP contribution in [0.5, 0.6) is 0 Å². The molecule has 0 bridgehead atoms. The van der Waals surface area contributed by atoms with Gasteiger partial charge in [-0.1, -0.05) is 25.1 Å². The molecule has 0 aliphatic carbocycles. The Balaban J connectivity index is 1.62. The average Bonchev–Trinajstić information content (AvgIpc) is 2.69. The van der Waals surface area contributed by atoms with Crippen LogP contribution in [0.2, 0.25) is 0 Å². The first kappa shape index (κ1) is 18.4. The van der Waals surface area contributed by atoms with Crippen LogP contribution >= 0.6 is 0 Å². The SMILES string of the molecule is CCC1CCCCN1C(=O)c1cncc(NCCc2ccccc2F)c1. The van der Waals surface area contributed by atoms with Crippen molar-refractivity contribution < 1.29 is 9.18 Å². The summed E-state index contributed by atoms with van der Waals surface area (Å²) in [5, 5.41) is 3.24. The maximum atomic E-state index is 13.7. The van der Waals surface area contributed by atoms with Gasteiger partial charge >= 0.3 is 0 Å². The van der Waals surface area contributed by atoms with Gasteiger partial charge in [0.05, 0.1) is 11.3 Å². The molecule has 1 amide bonds. The van der Waals surface area contributed by atoms with Crippen LogP contribution in [0.15, 0.2) is 42.7 Å². The minimum absolute atomic E-state index is 0.0572. The lowest BCUT2D eigenvalue weighted by molar-refractivity contribution is 0.0607. The summed E-state index contributed by atoms with van der Waals surface area (Å²) in [6.45, 7) is 3.54. The molecule has 1 fully saturated rings. The number of rotatable bonds is 6. The molecule has 1 aliphatic rings. The number of hydrogen-bond acceptors (Lipinski definition) is 3.